The van der Waals surface area contributed by atoms with E-state index in [0.29, 0.717) is 20.6 Å². The van der Waals surface area contributed by atoms with Crippen molar-refractivity contribution in [1.82, 2.24) is 10.9 Å². The van der Waals surface area contributed by atoms with Crippen LogP contribution in [0.3, 0.4) is 0 Å². The zero-order valence-electron chi connectivity index (χ0n) is 12.8. The minimum Gasteiger partial charge on any atom is -0.268 e. The topological polar surface area (TPSA) is 58.2 Å². The highest BCUT2D eigenvalue weighted by Gasteiger charge is 2.00. The monoisotopic (exact) mass is 394 g/mol. The van der Waals surface area contributed by atoms with E-state index >= 15 is 0 Å². The van der Waals surface area contributed by atoms with Gasteiger partial charge in [0, 0.05) is 17.2 Å². The summed E-state index contributed by atoms with van der Waals surface area (Å²) in [5, 5.41) is 1.44. The molecule has 0 saturated carbocycles. The molecular weight excluding hydrogens is 383 g/mol. The van der Waals surface area contributed by atoms with Gasteiger partial charge in [0.15, 0.2) is 0 Å². The van der Waals surface area contributed by atoms with Crippen LogP contribution in [0.4, 0.5) is 0 Å². The molecular formula is C18H13Cl3N2O2. The lowest BCUT2D eigenvalue weighted by Gasteiger charge is -2.02. The summed E-state index contributed by atoms with van der Waals surface area (Å²) in [6.45, 7) is 0. The smallest absolute Gasteiger partial charge is 0.262 e. The molecule has 2 rings (SSSR count). The molecule has 0 radical (unpaired) electrons. The van der Waals surface area contributed by atoms with Crippen LogP contribution in [-0.2, 0) is 9.59 Å². The number of nitrogens with one attached hydrogen (secondary N) is 2. The van der Waals surface area contributed by atoms with Crippen LogP contribution in [0.2, 0.25) is 15.1 Å². The number of hydrazine groups is 1. The molecule has 128 valence electrons. The Morgan fingerprint density at radius 1 is 0.720 bits per heavy atom. The maximum Gasteiger partial charge on any atom is 0.262 e. The highest BCUT2D eigenvalue weighted by Crippen LogP contribution is 2.23. The summed E-state index contributed by atoms with van der Waals surface area (Å²) in [6.07, 6.45) is 5.71. The highest BCUT2D eigenvalue weighted by molar-refractivity contribution is 6.42. The zero-order valence-corrected chi connectivity index (χ0v) is 15.1. The fourth-order valence-corrected chi connectivity index (χ4v) is 2.17. The molecule has 0 fully saturated rings. The van der Waals surface area contributed by atoms with Crippen LogP contribution in [0.25, 0.3) is 12.2 Å². The molecule has 0 bridgehead atoms. The van der Waals surface area contributed by atoms with E-state index in [4.69, 9.17) is 34.8 Å². The molecule has 2 aromatic carbocycles. The quantitative estimate of drug-likeness (QED) is 0.590. The molecule has 2 N–H and O–H groups in total. The summed E-state index contributed by atoms with van der Waals surface area (Å²) in [5.41, 5.74) is 6.06. The third-order valence-corrected chi connectivity index (χ3v) is 3.97. The summed E-state index contributed by atoms with van der Waals surface area (Å²) >= 11 is 17.5. The average molecular weight is 396 g/mol. The number of rotatable bonds is 4. The van der Waals surface area contributed by atoms with Gasteiger partial charge in [-0.25, -0.2) is 0 Å². The summed E-state index contributed by atoms with van der Waals surface area (Å²) in [5.74, 6) is -0.953. The van der Waals surface area contributed by atoms with E-state index in [9.17, 15) is 9.59 Å². The van der Waals surface area contributed by atoms with E-state index in [1.165, 1.54) is 12.2 Å². The molecule has 0 unspecified atom stereocenters. The number of hydrogen-bond donors (Lipinski definition) is 2. The Balaban J connectivity index is 1.82. The van der Waals surface area contributed by atoms with Gasteiger partial charge in [-0.1, -0.05) is 53.0 Å². The van der Waals surface area contributed by atoms with Gasteiger partial charge in [0.25, 0.3) is 11.8 Å². The van der Waals surface area contributed by atoms with Crippen LogP contribution in [0.1, 0.15) is 11.1 Å². The van der Waals surface area contributed by atoms with Gasteiger partial charge in [-0.05, 0) is 47.5 Å². The molecule has 7 heteroatoms. The van der Waals surface area contributed by atoms with Gasteiger partial charge in [0.2, 0.25) is 0 Å². The molecule has 0 aliphatic rings. The number of amides is 2. The van der Waals surface area contributed by atoms with Crippen molar-refractivity contribution in [2.75, 3.05) is 0 Å². The molecule has 0 heterocycles. The van der Waals surface area contributed by atoms with Crippen LogP contribution in [-0.4, -0.2) is 11.8 Å². The van der Waals surface area contributed by atoms with Gasteiger partial charge < -0.3 is 0 Å². The molecule has 0 aliphatic heterocycles. The predicted octanol–water partition coefficient (Wildman–Crippen LogP) is 4.52. The second-order valence-electron chi connectivity index (χ2n) is 4.87. The first-order valence-corrected chi connectivity index (χ1v) is 8.24. The normalized spacial score (nSPS) is 11.0. The van der Waals surface area contributed by atoms with E-state index in [-0.39, 0.29) is 0 Å². The van der Waals surface area contributed by atoms with Gasteiger partial charge >= 0.3 is 0 Å². The minimum atomic E-state index is -0.487. The number of halogens is 3. The summed E-state index contributed by atoms with van der Waals surface area (Å²) in [7, 11) is 0. The van der Waals surface area contributed by atoms with Gasteiger partial charge in [-0.3, -0.25) is 20.4 Å². The third-order valence-electron chi connectivity index (χ3n) is 2.98. The highest BCUT2D eigenvalue weighted by atomic mass is 35.5. The molecule has 4 nitrogen and oxygen atoms in total. The van der Waals surface area contributed by atoms with E-state index < -0.39 is 11.8 Å². The summed E-state index contributed by atoms with van der Waals surface area (Å²) in [4.78, 5) is 23.3. The van der Waals surface area contributed by atoms with Crippen LogP contribution in [0.5, 0.6) is 0 Å². The fraction of sp³-hybridized carbons (Fsp3) is 0. The van der Waals surface area contributed by atoms with E-state index in [2.05, 4.69) is 10.9 Å². The third kappa shape index (κ3) is 6.63. The lowest BCUT2D eigenvalue weighted by Crippen LogP contribution is -2.39. The van der Waals surface area contributed by atoms with Crippen molar-refractivity contribution >= 4 is 58.8 Å². The first-order valence-electron chi connectivity index (χ1n) is 7.11. The van der Waals surface area contributed by atoms with Crippen molar-refractivity contribution in [2.45, 2.75) is 0 Å². The fourth-order valence-electron chi connectivity index (χ4n) is 1.74. The van der Waals surface area contributed by atoms with Crippen LogP contribution in [0.15, 0.2) is 54.6 Å². The Bertz CT molecular complexity index is 831. The molecule has 0 aromatic heterocycles. The van der Waals surface area contributed by atoms with E-state index in [0.717, 1.165) is 5.56 Å². The minimum absolute atomic E-state index is 0.393. The standard InChI is InChI=1S/C18H13Cl3N2O2/c19-14-6-1-12(2-7-14)4-9-17(24)22-23-18(25)10-5-13-3-8-15(20)16(21)11-13/h1-11H,(H,22,24)(H,23,25)/b9-4+,10-5+. The lowest BCUT2D eigenvalue weighted by molar-refractivity contribution is -0.123. The van der Waals surface area contributed by atoms with Gasteiger partial charge in [-0.15, -0.1) is 0 Å². The number of benzene rings is 2. The second kappa shape index (κ2) is 9.28. The largest absolute Gasteiger partial charge is 0.268 e. The Kier molecular flexibility index (Phi) is 7.07. The average Bonchev–Trinajstić information content (AvgIpc) is 2.60. The van der Waals surface area contributed by atoms with Crippen molar-refractivity contribution in [2.24, 2.45) is 0 Å². The number of hydrogen-bond acceptors (Lipinski definition) is 2. The maximum absolute atomic E-state index is 11.7. The van der Waals surface area contributed by atoms with Crippen LogP contribution in [0, 0.1) is 0 Å². The molecule has 0 atom stereocenters. The van der Waals surface area contributed by atoms with E-state index in [1.807, 2.05) is 0 Å². The molecule has 25 heavy (non-hydrogen) atoms. The van der Waals surface area contributed by atoms with Crippen molar-refractivity contribution in [3.05, 3.63) is 80.8 Å². The second-order valence-corrected chi connectivity index (χ2v) is 6.12. The van der Waals surface area contributed by atoms with Gasteiger partial charge in [-0.2, -0.15) is 0 Å². The molecule has 2 aromatic rings. The number of carbonyl (C=O) groups is 2. The SMILES string of the molecule is O=C(/C=C/c1ccc(Cl)cc1)NNC(=O)/C=C/c1ccc(Cl)c(Cl)c1. The molecule has 0 spiro atoms. The van der Waals surface area contributed by atoms with Crippen LogP contribution < -0.4 is 10.9 Å². The Morgan fingerprint density at radius 2 is 1.24 bits per heavy atom. The molecule has 0 saturated heterocycles. The predicted molar refractivity (Wildman–Crippen MR) is 102 cm³/mol. The van der Waals surface area contributed by atoms with Gasteiger partial charge in [0.1, 0.15) is 0 Å². The van der Waals surface area contributed by atoms with Crippen molar-refractivity contribution in [3.63, 3.8) is 0 Å². The molecule has 0 aliphatic carbocycles. The zero-order chi connectivity index (χ0) is 18.2. The van der Waals surface area contributed by atoms with Gasteiger partial charge in [0.05, 0.1) is 10.0 Å². The van der Waals surface area contributed by atoms with Crippen LogP contribution >= 0.6 is 34.8 Å². The Labute approximate surface area is 160 Å². The Morgan fingerprint density at radius 3 is 1.80 bits per heavy atom. The lowest BCUT2D eigenvalue weighted by atomic mass is 10.2. The first kappa shape index (κ1) is 19.1. The first-order chi connectivity index (χ1) is 11.9. The summed E-state index contributed by atoms with van der Waals surface area (Å²) in [6, 6.07) is 11.9. The van der Waals surface area contributed by atoms with E-state index in [1.54, 1.807) is 54.6 Å². The van der Waals surface area contributed by atoms with Crippen molar-refractivity contribution in [3.8, 4) is 0 Å². The summed E-state index contributed by atoms with van der Waals surface area (Å²) < 4.78 is 0. The maximum atomic E-state index is 11.7. The Hall–Kier alpha value is -2.27. The number of carbonyl (C=O) groups excluding carboxylic acids is 2. The van der Waals surface area contributed by atoms with Crippen molar-refractivity contribution in [1.29, 1.82) is 0 Å². The molecule has 2 amide bonds. The van der Waals surface area contributed by atoms with Crippen molar-refractivity contribution < 1.29 is 9.59 Å².